The number of benzene rings is 1. The molecule has 0 unspecified atom stereocenters. The Morgan fingerprint density at radius 1 is 1.33 bits per heavy atom. The predicted molar refractivity (Wildman–Crippen MR) is 82.1 cm³/mol. The fourth-order valence-corrected chi connectivity index (χ4v) is 2.57. The zero-order chi connectivity index (χ0) is 14.8. The van der Waals surface area contributed by atoms with Crippen LogP contribution in [0.4, 0.5) is 0 Å². The molecule has 0 spiro atoms. The third-order valence-corrected chi connectivity index (χ3v) is 3.70. The van der Waals surface area contributed by atoms with Crippen LogP contribution in [-0.4, -0.2) is 26.9 Å². The summed E-state index contributed by atoms with van der Waals surface area (Å²) in [6.07, 6.45) is 3.32. The molecular formula is C15H12BrN3O2. The molecule has 0 fully saturated rings. The Balaban J connectivity index is 2.17. The standard InChI is InChI=1S/C15H12BrN3O2/c1-2-21-14(20)12-9-19-13(7-8-17-15(19)18-12)10-5-3-4-6-11(10)16/h3-9H,2H2,1H3. The van der Waals surface area contributed by atoms with Crippen molar-refractivity contribution in [2.24, 2.45) is 0 Å². The van der Waals surface area contributed by atoms with E-state index in [1.165, 1.54) is 0 Å². The van der Waals surface area contributed by atoms with Crippen LogP contribution in [0.1, 0.15) is 17.4 Å². The van der Waals surface area contributed by atoms with Crippen molar-refractivity contribution >= 4 is 27.7 Å². The number of imidazole rings is 1. The van der Waals surface area contributed by atoms with Gasteiger partial charge in [-0.2, -0.15) is 0 Å². The molecule has 2 aromatic heterocycles. The number of halogens is 1. The van der Waals surface area contributed by atoms with E-state index in [9.17, 15) is 4.79 Å². The second-order valence-corrected chi connectivity index (χ2v) is 5.18. The van der Waals surface area contributed by atoms with Gasteiger partial charge < -0.3 is 4.74 Å². The lowest BCUT2D eigenvalue weighted by atomic mass is 10.1. The van der Waals surface area contributed by atoms with Crippen LogP contribution >= 0.6 is 15.9 Å². The molecule has 0 N–H and O–H groups in total. The summed E-state index contributed by atoms with van der Waals surface area (Å²) in [4.78, 5) is 20.2. The number of fused-ring (bicyclic) bond motifs is 1. The first-order chi connectivity index (χ1) is 10.2. The SMILES string of the molecule is CCOC(=O)c1cn2c(-c3ccccc3Br)ccnc2n1. The van der Waals surface area contributed by atoms with Gasteiger partial charge in [0, 0.05) is 22.4 Å². The van der Waals surface area contributed by atoms with Gasteiger partial charge in [0.25, 0.3) is 0 Å². The highest BCUT2D eigenvalue weighted by Crippen LogP contribution is 2.28. The first kappa shape index (κ1) is 13.8. The highest BCUT2D eigenvalue weighted by Gasteiger charge is 2.15. The van der Waals surface area contributed by atoms with Crippen LogP contribution in [0.25, 0.3) is 17.0 Å². The molecule has 0 aliphatic carbocycles. The lowest BCUT2D eigenvalue weighted by Gasteiger charge is -2.06. The molecule has 0 aliphatic rings. The molecular weight excluding hydrogens is 334 g/mol. The van der Waals surface area contributed by atoms with Crippen LogP contribution in [0.15, 0.2) is 47.2 Å². The number of hydrogen-bond acceptors (Lipinski definition) is 4. The molecule has 106 valence electrons. The van der Waals surface area contributed by atoms with Crippen molar-refractivity contribution in [3.8, 4) is 11.3 Å². The van der Waals surface area contributed by atoms with Gasteiger partial charge in [0.1, 0.15) is 0 Å². The van der Waals surface area contributed by atoms with E-state index in [0.29, 0.717) is 12.4 Å². The Kier molecular flexibility index (Phi) is 3.70. The van der Waals surface area contributed by atoms with Gasteiger partial charge in [-0.15, -0.1) is 0 Å². The van der Waals surface area contributed by atoms with Crippen molar-refractivity contribution in [2.45, 2.75) is 6.92 Å². The normalized spacial score (nSPS) is 10.8. The average Bonchev–Trinajstić information content (AvgIpc) is 2.92. The summed E-state index contributed by atoms with van der Waals surface area (Å²) in [6.45, 7) is 2.08. The first-order valence-corrected chi connectivity index (χ1v) is 7.26. The van der Waals surface area contributed by atoms with E-state index in [1.54, 1.807) is 23.7 Å². The van der Waals surface area contributed by atoms with Crippen molar-refractivity contribution < 1.29 is 9.53 Å². The number of esters is 1. The number of carbonyl (C=O) groups is 1. The van der Waals surface area contributed by atoms with Crippen molar-refractivity contribution in [3.05, 3.63) is 52.9 Å². The van der Waals surface area contributed by atoms with Gasteiger partial charge in [0.05, 0.1) is 12.3 Å². The first-order valence-electron chi connectivity index (χ1n) is 6.47. The Hall–Kier alpha value is -2.21. The van der Waals surface area contributed by atoms with Crippen LogP contribution in [0.2, 0.25) is 0 Å². The minimum Gasteiger partial charge on any atom is -0.461 e. The highest BCUT2D eigenvalue weighted by molar-refractivity contribution is 9.10. The Bertz CT molecular complexity index is 814. The van der Waals surface area contributed by atoms with Crippen LogP contribution in [-0.2, 0) is 4.74 Å². The monoisotopic (exact) mass is 345 g/mol. The zero-order valence-electron chi connectivity index (χ0n) is 11.3. The van der Waals surface area contributed by atoms with E-state index in [0.717, 1.165) is 15.7 Å². The number of hydrogen-bond donors (Lipinski definition) is 0. The fourth-order valence-electron chi connectivity index (χ4n) is 2.09. The number of ether oxygens (including phenoxy) is 1. The summed E-state index contributed by atoms with van der Waals surface area (Å²) < 4.78 is 7.72. The molecule has 21 heavy (non-hydrogen) atoms. The van der Waals surface area contributed by atoms with E-state index in [2.05, 4.69) is 25.9 Å². The van der Waals surface area contributed by atoms with E-state index < -0.39 is 5.97 Å². The highest BCUT2D eigenvalue weighted by atomic mass is 79.9. The quantitative estimate of drug-likeness (QED) is 0.683. The van der Waals surface area contributed by atoms with Gasteiger partial charge in [0.2, 0.25) is 5.78 Å². The van der Waals surface area contributed by atoms with Crippen LogP contribution in [0.3, 0.4) is 0 Å². The molecule has 3 aromatic rings. The molecule has 0 saturated carbocycles. The van der Waals surface area contributed by atoms with E-state index in [1.807, 2.05) is 30.3 Å². The summed E-state index contributed by atoms with van der Waals surface area (Å²) in [6, 6.07) is 9.73. The Morgan fingerprint density at radius 3 is 2.90 bits per heavy atom. The maximum Gasteiger partial charge on any atom is 0.358 e. The zero-order valence-corrected chi connectivity index (χ0v) is 12.9. The van der Waals surface area contributed by atoms with E-state index >= 15 is 0 Å². The molecule has 0 radical (unpaired) electrons. The van der Waals surface area contributed by atoms with Crippen molar-refractivity contribution in [1.82, 2.24) is 14.4 Å². The molecule has 0 amide bonds. The van der Waals surface area contributed by atoms with E-state index in [-0.39, 0.29) is 5.69 Å². The second-order valence-electron chi connectivity index (χ2n) is 4.33. The number of nitrogens with zero attached hydrogens (tertiary/aromatic N) is 3. The maximum atomic E-state index is 11.8. The van der Waals surface area contributed by atoms with Gasteiger partial charge in [-0.05, 0) is 19.1 Å². The van der Waals surface area contributed by atoms with Gasteiger partial charge >= 0.3 is 5.97 Å². The lowest BCUT2D eigenvalue weighted by molar-refractivity contribution is 0.0520. The van der Waals surface area contributed by atoms with Gasteiger partial charge in [-0.25, -0.2) is 14.8 Å². The summed E-state index contributed by atoms with van der Waals surface area (Å²) in [5.74, 6) is 0.0207. The summed E-state index contributed by atoms with van der Waals surface area (Å²) in [5, 5.41) is 0. The third-order valence-electron chi connectivity index (χ3n) is 3.00. The maximum absolute atomic E-state index is 11.8. The van der Waals surface area contributed by atoms with E-state index in [4.69, 9.17) is 4.74 Å². The lowest BCUT2D eigenvalue weighted by Crippen LogP contribution is -2.04. The van der Waals surface area contributed by atoms with Crippen molar-refractivity contribution in [3.63, 3.8) is 0 Å². The van der Waals surface area contributed by atoms with Crippen molar-refractivity contribution in [1.29, 1.82) is 0 Å². The molecule has 0 saturated heterocycles. The minimum atomic E-state index is -0.443. The minimum absolute atomic E-state index is 0.254. The Labute approximate surface area is 129 Å². The number of rotatable bonds is 3. The topological polar surface area (TPSA) is 56.5 Å². The molecule has 2 heterocycles. The van der Waals surface area contributed by atoms with Gasteiger partial charge in [-0.3, -0.25) is 4.40 Å². The smallest absolute Gasteiger partial charge is 0.358 e. The average molecular weight is 346 g/mol. The molecule has 0 atom stereocenters. The van der Waals surface area contributed by atoms with Crippen LogP contribution in [0.5, 0.6) is 0 Å². The summed E-state index contributed by atoms with van der Waals surface area (Å²) in [5.41, 5.74) is 2.15. The largest absolute Gasteiger partial charge is 0.461 e. The molecule has 3 rings (SSSR count). The van der Waals surface area contributed by atoms with Gasteiger partial charge in [0.15, 0.2) is 5.69 Å². The fraction of sp³-hybridized carbons (Fsp3) is 0.133. The number of aromatic nitrogens is 3. The van der Waals surface area contributed by atoms with Crippen molar-refractivity contribution in [2.75, 3.05) is 6.61 Å². The molecule has 0 aliphatic heterocycles. The molecule has 0 bridgehead atoms. The molecule has 6 heteroatoms. The molecule has 5 nitrogen and oxygen atoms in total. The third kappa shape index (κ3) is 2.54. The van der Waals surface area contributed by atoms with Crippen LogP contribution in [0, 0.1) is 0 Å². The second kappa shape index (κ2) is 5.65. The summed E-state index contributed by atoms with van der Waals surface area (Å²) in [7, 11) is 0. The Morgan fingerprint density at radius 2 is 2.14 bits per heavy atom. The predicted octanol–water partition coefficient (Wildman–Crippen LogP) is 3.34. The number of carbonyl (C=O) groups excluding carboxylic acids is 1. The van der Waals surface area contributed by atoms with Crippen LogP contribution < -0.4 is 0 Å². The summed E-state index contributed by atoms with van der Waals surface area (Å²) >= 11 is 3.53. The van der Waals surface area contributed by atoms with Gasteiger partial charge in [-0.1, -0.05) is 34.1 Å². The molecule has 1 aromatic carbocycles.